The summed E-state index contributed by atoms with van der Waals surface area (Å²) in [5.74, 6) is -0.357. The lowest BCUT2D eigenvalue weighted by Gasteiger charge is -2.01. The molecule has 0 radical (unpaired) electrons. The number of nitrogens with zero attached hydrogens (tertiary/aromatic N) is 2. The average molecular weight is 235 g/mol. The normalized spacial score (nSPS) is 10.8. The SMILES string of the molecule is CC(C)C(=O)NN=Cc1cccc([N+](=O)[O-])c1. The molecule has 17 heavy (non-hydrogen) atoms. The van der Waals surface area contributed by atoms with Gasteiger partial charge in [0.2, 0.25) is 5.91 Å². The zero-order valence-corrected chi connectivity index (χ0v) is 9.58. The third kappa shape index (κ3) is 4.02. The smallest absolute Gasteiger partial charge is 0.270 e. The molecule has 0 saturated heterocycles. The highest BCUT2D eigenvalue weighted by molar-refractivity contribution is 5.83. The van der Waals surface area contributed by atoms with Gasteiger partial charge in [0.25, 0.3) is 5.69 Å². The number of nitro groups is 1. The van der Waals surface area contributed by atoms with Crippen LogP contribution < -0.4 is 5.43 Å². The summed E-state index contributed by atoms with van der Waals surface area (Å²) in [6, 6.07) is 6.00. The number of rotatable bonds is 4. The average Bonchev–Trinajstić information content (AvgIpc) is 2.29. The van der Waals surface area contributed by atoms with Crippen LogP contribution in [-0.2, 0) is 4.79 Å². The number of hydrazone groups is 1. The van der Waals surface area contributed by atoms with Crippen molar-refractivity contribution in [3.63, 3.8) is 0 Å². The summed E-state index contributed by atoms with van der Waals surface area (Å²) in [5, 5.41) is 14.2. The molecule has 6 heteroatoms. The number of nitrogens with one attached hydrogen (secondary N) is 1. The molecule has 0 heterocycles. The van der Waals surface area contributed by atoms with E-state index in [0.29, 0.717) is 5.56 Å². The summed E-state index contributed by atoms with van der Waals surface area (Å²) in [6.45, 7) is 3.50. The monoisotopic (exact) mass is 235 g/mol. The highest BCUT2D eigenvalue weighted by Gasteiger charge is 2.05. The molecule has 0 atom stereocenters. The van der Waals surface area contributed by atoms with E-state index in [-0.39, 0.29) is 17.5 Å². The Hall–Kier alpha value is -2.24. The number of hydrogen-bond donors (Lipinski definition) is 1. The largest absolute Gasteiger partial charge is 0.273 e. The first-order valence-electron chi connectivity index (χ1n) is 5.08. The van der Waals surface area contributed by atoms with E-state index < -0.39 is 4.92 Å². The van der Waals surface area contributed by atoms with Crippen LogP contribution in [0.3, 0.4) is 0 Å². The van der Waals surface area contributed by atoms with E-state index in [9.17, 15) is 14.9 Å². The van der Waals surface area contributed by atoms with Gasteiger partial charge in [-0.05, 0) is 0 Å². The van der Waals surface area contributed by atoms with E-state index in [1.807, 2.05) is 0 Å². The third-order valence-corrected chi connectivity index (χ3v) is 1.99. The topological polar surface area (TPSA) is 84.6 Å². The van der Waals surface area contributed by atoms with Crippen LogP contribution in [0.1, 0.15) is 19.4 Å². The van der Waals surface area contributed by atoms with Gasteiger partial charge >= 0.3 is 0 Å². The van der Waals surface area contributed by atoms with Gasteiger partial charge in [-0.2, -0.15) is 5.10 Å². The Kier molecular flexibility index (Phi) is 4.33. The van der Waals surface area contributed by atoms with Crippen LogP contribution in [0.4, 0.5) is 5.69 Å². The number of hydrogen-bond acceptors (Lipinski definition) is 4. The lowest BCUT2D eigenvalue weighted by Crippen LogP contribution is -2.22. The highest BCUT2D eigenvalue weighted by atomic mass is 16.6. The second-order valence-corrected chi connectivity index (χ2v) is 3.74. The van der Waals surface area contributed by atoms with E-state index in [0.717, 1.165) is 0 Å². The van der Waals surface area contributed by atoms with E-state index in [2.05, 4.69) is 10.5 Å². The van der Waals surface area contributed by atoms with Crippen molar-refractivity contribution in [2.45, 2.75) is 13.8 Å². The van der Waals surface area contributed by atoms with Crippen LogP contribution in [0.5, 0.6) is 0 Å². The van der Waals surface area contributed by atoms with E-state index >= 15 is 0 Å². The van der Waals surface area contributed by atoms with Gasteiger partial charge < -0.3 is 0 Å². The number of nitro benzene ring substituents is 1. The van der Waals surface area contributed by atoms with Crippen molar-refractivity contribution in [2.24, 2.45) is 11.0 Å². The Labute approximate surface area is 98.5 Å². The molecule has 0 aromatic heterocycles. The van der Waals surface area contributed by atoms with Crippen molar-refractivity contribution in [2.75, 3.05) is 0 Å². The fraction of sp³-hybridized carbons (Fsp3) is 0.273. The summed E-state index contributed by atoms with van der Waals surface area (Å²) in [5.41, 5.74) is 2.89. The molecule has 1 rings (SSSR count). The van der Waals surface area contributed by atoms with Gasteiger partial charge in [0.15, 0.2) is 0 Å². The molecule has 0 unspecified atom stereocenters. The predicted octanol–water partition coefficient (Wildman–Crippen LogP) is 1.70. The Morgan fingerprint density at radius 3 is 2.82 bits per heavy atom. The number of carbonyl (C=O) groups is 1. The molecular formula is C11H13N3O3. The number of amides is 1. The first-order chi connectivity index (χ1) is 8.00. The van der Waals surface area contributed by atoms with Crippen LogP contribution in [-0.4, -0.2) is 17.0 Å². The van der Waals surface area contributed by atoms with Crippen LogP contribution >= 0.6 is 0 Å². The van der Waals surface area contributed by atoms with Gasteiger partial charge in [-0.1, -0.05) is 26.0 Å². The fourth-order valence-electron chi connectivity index (χ4n) is 1.02. The molecular weight excluding hydrogens is 222 g/mol. The minimum Gasteiger partial charge on any atom is -0.273 e. The van der Waals surface area contributed by atoms with Gasteiger partial charge in [-0.15, -0.1) is 0 Å². The molecule has 1 amide bonds. The quantitative estimate of drug-likeness (QED) is 0.489. The Morgan fingerprint density at radius 1 is 1.53 bits per heavy atom. The zero-order valence-electron chi connectivity index (χ0n) is 9.58. The molecule has 1 aromatic rings. The zero-order chi connectivity index (χ0) is 12.8. The van der Waals surface area contributed by atoms with Gasteiger partial charge in [-0.25, -0.2) is 5.43 Å². The lowest BCUT2D eigenvalue weighted by molar-refractivity contribution is -0.384. The lowest BCUT2D eigenvalue weighted by atomic mass is 10.2. The molecule has 1 N–H and O–H groups in total. The standard InChI is InChI=1S/C11H13N3O3/c1-8(2)11(15)13-12-7-9-4-3-5-10(6-9)14(16)17/h3-8H,1-2H3,(H,13,15). The van der Waals surface area contributed by atoms with Crippen molar-refractivity contribution < 1.29 is 9.72 Å². The summed E-state index contributed by atoms with van der Waals surface area (Å²) in [4.78, 5) is 21.2. The molecule has 90 valence electrons. The summed E-state index contributed by atoms with van der Waals surface area (Å²) < 4.78 is 0. The second-order valence-electron chi connectivity index (χ2n) is 3.74. The second kappa shape index (κ2) is 5.74. The van der Waals surface area contributed by atoms with Crippen LogP contribution in [0.15, 0.2) is 29.4 Å². The summed E-state index contributed by atoms with van der Waals surface area (Å²) in [6.07, 6.45) is 1.37. The molecule has 0 aliphatic rings. The Morgan fingerprint density at radius 2 is 2.24 bits per heavy atom. The first kappa shape index (κ1) is 12.8. The number of non-ortho nitro benzene ring substituents is 1. The van der Waals surface area contributed by atoms with Crippen LogP contribution in [0, 0.1) is 16.0 Å². The maximum absolute atomic E-state index is 11.2. The summed E-state index contributed by atoms with van der Waals surface area (Å²) in [7, 11) is 0. The summed E-state index contributed by atoms with van der Waals surface area (Å²) >= 11 is 0. The molecule has 0 saturated carbocycles. The van der Waals surface area contributed by atoms with E-state index in [1.165, 1.54) is 18.3 Å². The van der Waals surface area contributed by atoms with Gasteiger partial charge in [0.1, 0.15) is 0 Å². The molecule has 0 spiro atoms. The number of benzene rings is 1. The fourth-order valence-corrected chi connectivity index (χ4v) is 1.02. The highest BCUT2D eigenvalue weighted by Crippen LogP contribution is 2.11. The van der Waals surface area contributed by atoms with Crippen LogP contribution in [0.25, 0.3) is 0 Å². The Balaban J connectivity index is 2.68. The molecule has 1 aromatic carbocycles. The minimum atomic E-state index is -0.482. The van der Waals surface area contributed by atoms with Crippen molar-refractivity contribution in [1.29, 1.82) is 0 Å². The van der Waals surface area contributed by atoms with Crippen molar-refractivity contribution in [3.05, 3.63) is 39.9 Å². The van der Waals surface area contributed by atoms with E-state index in [4.69, 9.17) is 0 Å². The maximum atomic E-state index is 11.2. The molecule has 6 nitrogen and oxygen atoms in total. The van der Waals surface area contributed by atoms with Crippen molar-refractivity contribution in [3.8, 4) is 0 Å². The van der Waals surface area contributed by atoms with Gasteiger partial charge in [0.05, 0.1) is 11.1 Å². The minimum absolute atomic E-state index is 0.0101. The Bertz CT molecular complexity index is 455. The third-order valence-electron chi connectivity index (χ3n) is 1.99. The van der Waals surface area contributed by atoms with Gasteiger partial charge in [-0.3, -0.25) is 14.9 Å². The molecule has 0 aliphatic carbocycles. The molecule has 0 bridgehead atoms. The first-order valence-corrected chi connectivity index (χ1v) is 5.08. The molecule has 0 aliphatic heterocycles. The van der Waals surface area contributed by atoms with Crippen molar-refractivity contribution in [1.82, 2.24) is 5.43 Å². The number of carbonyl (C=O) groups excluding carboxylic acids is 1. The molecule has 0 fully saturated rings. The van der Waals surface area contributed by atoms with Crippen molar-refractivity contribution >= 4 is 17.8 Å². The maximum Gasteiger partial charge on any atom is 0.270 e. The van der Waals surface area contributed by atoms with Crippen LogP contribution in [0.2, 0.25) is 0 Å². The van der Waals surface area contributed by atoms with E-state index in [1.54, 1.807) is 26.0 Å². The predicted molar refractivity (Wildman–Crippen MR) is 63.7 cm³/mol. The van der Waals surface area contributed by atoms with Gasteiger partial charge in [0, 0.05) is 23.6 Å².